The second kappa shape index (κ2) is 9.38. The van der Waals surface area contributed by atoms with Crippen molar-refractivity contribution in [3.05, 3.63) is 66.6 Å². The van der Waals surface area contributed by atoms with E-state index in [9.17, 15) is 4.39 Å². The predicted molar refractivity (Wildman–Crippen MR) is 108 cm³/mol. The first-order valence-corrected chi connectivity index (χ1v) is 9.73. The highest BCUT2D eigenvalue weighted by atomic mass is 19.1. The maximum Gasteiger partial charge on any atom is 0.228 e. The van der Waals surface area contributed by atoms with Gasteiger partial charge in [-0.25, -0.2) is 19.3 Å². The Hall–Kier alpha value is -3.13. The third-order valence-corrected chi connectivity index (χ3v) is 4.89. The van der Waals surface area contributed by atoms with E-state index in [4.69, 9.17) is 4.74 Å². The number of rotatable bonds is 7. The SMILES string of the molecule is Fc1ccc(OCCN2CCC[C@@H](c3ccnc(Nc4cnccn4)n3)C2)cc1. The van der Waals surface area contributed by atoms with Crippen molar-refractivity contribution in [1.82, 2.24) is 24.8 Å². The lowest BCUT2D eigenvalue weighted by Crippen LogP contribution is -2.37. The molecule has 3 heterocycles. The molecule has 1 atom stereocenters. The molecule has 1 fully saturated rings. The third-order valence-electron chi connectivity index (χ3n) is 4.89. The van der Waals surface area contributed by atoms with Gasteiger partial charge in [0.05, 0.1) is 11.9 Å². The molecule has 1 aliphatic rings. The molecule has 1 saturated heterocycles. The van der Waals surface area contributed by atoms with Crippen LogP contribution in [0.1, 0.15) is 24.5 Å². The van der Waals surface area contributed by atoms with Crippen LogP contribution < -0.4 is 10.1 Å². The van der Waals surface area contributed by atoms with Crippen molar-refractivity contribution >= 4 is 11.8 Å². The van der Waals surface area contributed by atoms with Gasteiger partial charge in [-0.3, -0.25) is 9.88 Å². The first kappa shape index (κ1) is 19.2. The van der Waals surface area contributed by atoms with Gasteiger partial charge in [-0.1, -0.05) is 0 Å². The van der Waals surface area contributed by atoms with Crippen LogP contribution in [0.4, 0.5) is 16.2 Å². The lowest BCUT2D eigenvalue weighted by Gasteiger charge is -2.32. The Balaban J connectivity index is 1.32. The molecule has 0 spiro atoms. The molecule has 3 aromatic rings. The van der Waals surface area contributed by atoms with Crippen LogP contribution in [-0.2, 0) is 0 Å². The number of ether oxygens (including phenoxy) is 1. The van der Waals surface area contributed by atoms with Crippen LogP contribution >= 0.6 is 0 Å². The summed E-state index contributed by atoms with van der Waals surface area (Å²) >= 11 is 0. The van der Waals surface area contributed by atoms with Gasteiger partial charge in [0.15, 0.2) is 5.82 Å². The van der Waals surface area contributed by atoms with Crippen molar-refractivity contribution in [2.24, 2.45) is 0 Å². The van der Waals surface area contributed by atoms with Gasteiger partial charge < -0.3 is 10.1 Å². The van der Waals surface area contributed by atoms with Crippen LogP contribution in [0, 0.1) is 5.82 Å². The van der Waals surface area contributed by atoms with Gasteiger partial charge in [0.2, 0.25) is 5.95 Å². The fourth-order valence-electron chi connectivity index (χ4n) is 3.46. The molecule has 29 heavy (non-hydrogen) atoms. The van der Waals surface area contributed by atoms with Crippen molar-refractivity contribution in [1.29, 1.82) is 0 Å². The zero-order valence-electron chi connectivity index (χ0n) is 16.0. The van der Waals surface area contributed by atoms with Crippen LogP contribution in [0.3, 0.4) is 0 Å². The van der Waals surface area contributed by atoms with Gasteiger partial charge in [-0.05, 0) is 49.7 Å². The Morgan fingerprint density at radius 3 is 2.83 bits per heavy atom. The van der Waals surface area contributed by atoms with E-state index < -0.39 is 0 Å². The molecule has 0 saturated carbocycles. The molecule has 0 radical (unpaired) electrons. The van der Waals surface area contributed by atoms with Crippen LogP contribution in [0.15, 0.2) is 55.1 Å². The minimum atomic E-state index is -0.255. The number of hydrogen-bond donors (Lipinski definition) is 1. The van der Waals surface area contributed by atoms with Crippen LogP contribution in [0.25, 0.3) is 0 Å². The molecule has 1 N–H and O–H groups in total. The van der Waals surface area contributed by atoms with E-state index in [0.29, 0.717) is 30.0 Å². The molecule has 8 heteroatoms. The molecule has 0 aliphatic carbocycles. The zero-order valence-corrected chi connectivity index (χ0v) is 16.0. The summed E-state index contributed by atoms with van der Waals surface area (Å²) < 4.78 is 18.7. The Kier molecular flexibility index (Phi) is 6.21. The predicted octanol–water partition coefficient (Wildman–Crippen LogP) is 3.41. The maximum atomic E-state index is 13.0. The standard InChI is InChI=1S/C21H23FN6O/c22-17-3-5-18(6-4-17)29-13-12-28-11-1-2-16(15-28)19-7-8-25-21(26-19)27-20-14-23-9-10-24-20/h3-10,14,16H,1-2,11-13,15H2,(H,24,25,26,27)/t16-/m1/s1. The minimum Gasteiger partial charge on any atom is -0.492 e. The number of hydrogen-bond acceptors (Lipinski definition) is 7. The monoisotopic (exact) mass is 394 g/mol. The van der Waals surface area contributed by atoms with Crippen molar-refractivity contribution < 1.29 is 9.13 Å². The largest absolute Gasteiger partial charge is 0.492 e. The lowest BCUT2D eigenvalue weighted by atomic mass is 9.94. The number of piperidine rings is 1. The number of nitrogens with zero attached hydrogens (tertiary/aromatic N) is 5. The molecule has 1 aromatic carbocycles. The van der Waals surface area contributed by atoms with E-state index in [2.05, 4.69) is 30.2 Å². The van der Waals surface area contributed by atoms with E-state index in [-0.39, 0.29) is 5.82 Å². The second-order valence-electron chi connectivity index (χ2n) is 6.96. The lowest BCUT2D eigenvalue weighted by molar-refractivity contribution is 0.169. The third kappa shape index (κ3) is 5.45. The van der Waals surface area contributed by atoms with Crippen molar-refractivity contribution in [2.75, 3.05) is 31.6 Å². The molecule has 0 unspecified atom stereocenters. The van der Waals surface area contributed by atoms with Crippen molar-refractivity contribution in [3.63, 3.8) is 0 Å². The normalized spacial score (nSPS) is 17.1. The van der Waals surface area contributed by atoms with E-state index >= 15 is 0 Å². The molecule has 150 valence electrons. The highest BCUT2D eigenvalue weighted by molar-refractivity contribution is 5.45. The quantitative estimate of drug-likeness (QED) is 0.658. The Labute approximate surface area is 169 Å². The van der Waals surface area contributed by atoms with Crippen LogP contribution in [0.2, 0.25) is 0 Å². The summed E-state index contributed by atoms with van der Waals surface area (Å²) in [7, 11) is 0. The van der Waals surface area contributed by atoms with Gasteiger partial charge in [0, 0.05) is 37.6 Å². The van der Waals surface area contributed by atoms with Gasteiger partial charge in [0.25, 0.3) is 0 Å². The Morgan fingerprint density at radius 1 is 1.10 bits per heavy atom. The Morgan fingerprint density at radius 2 is 2.00 bits per heavy atom. The first-order valence-electron chi connectivity index (χ1n) is 9.73. The fraction of sp³-hybridized carbons (Fsp3) is 0.333. The van der Waals surface area contributed by atoms with Gasteiger partial charge in [-0.15, -0.1) is 0 Å². The summed E-state index contributed by atoms with van der Waals surface area (Å²) in [5, 5.41) is 3.09. The summed E-state index contributed by atoms with van der Waals surface area (Å²) in [6.45, 7) is 3.36. The average Bonchev–Trinajstić information content (AvgIpc) is 2.76. The topological polar surface area (TPSA) is 76.1 Å². The molecule has 7 nitrogen and oxygen atoms in total. The van der Waals surface area contributed by atoms with Crippen LogP contribution in [-0.4, -0.2) is 51.1 Å². The van der Waals surface area contributed by atoms with E-state index in [1.54, 1.807) is 36.9 Å². The molecule has 0 amide bonds. The number of benzene rings is 1. The van der Waals surface area contributed by atoms with E-state index in [1.165, 1.54) is 12.1 Å². The van der Waals surface area contributed by atoms with E-state index in [1.807, 2.05) is 6.07 Å². The number of likely N-dealkylation sites (tertiary alicyclic amines) is 1. The van der Waals surface area contributed by atoms with Gasteiger partial charge >= 0.3 is 0 Å². The summed E-state index contributed by atoms with van der Waals surface area (Å²) in [4.78, 5) is 19.6. The summed E-state index contributed by atoms with van der Waals surface area (Å²) in [5.41, 5.74) is 1.02. The minimum absolute atomic E-state index is 0.255. The average molecular weight is 394 g/mol. The first-order chi connectivity index (χ1) is 14.3. The van der Waals surface area contributed by atoms with Crippen molar-refractivity contribution in [3.8, 4) is 5.75 Å². The number of nitrogens with one attached hydrogen (secondary N) is 1. The number of anilines is 2. The zero-order chi connectivity index (χ0) is 19.9. The molecule has 4 rings (SSSR count). The highest BCUT2D eigenvalue weighted by Gasteiger charge is 2.22. The summed E-state index contributed by atoms with van der Waals surface area (Å²) in [6, 6.07) is 8.11. The number of aromatic nitrogens is 4. The maximum absolute atomic E-state index is 13.0. The molecular weight excluding hydrogens is 371 g/mol. The Bertz CT molecular complexity index is 909. The molecular formula is C21H23FN6O. The molecule has 0 bridgehead atoms. The van der Waals surface area contributed by atoms with Gasteiger partial charge in [0.1, 0.15) is 18.2 Å². The highest BCUT2D eigenvalue weighted by Crippen LogP contribution is 2.26. The number of halogens is 1. The molecule has 2 aromatic heterocycles. The van der Waals surface area contributed by atoms with Crippen LogP contribution in [0.5, 0.6) is 5.75 Å². The summed E-state index contributed by atoms with van der Waals surface area (Å²) in [5.74, 6) is 1.93. The van der Waals surface area contributed by atoms with Crippen molar-refractivity contribution in [2.45, 2.75) is 18.8 Å². The fourth-order valence-corrected chi connectivity index (χ4v) is 3.46. The summed E-state index contributed by atoms with van der Waals surface area (Å²) in [6.07, 6.45) is 8.87. The van der Waals surface area contributed by atoms with Gasteiger partial charge in [-0.2, -0.15) is 0 Å². The van der Waals surface area contributed by atoms with E-state index in [0.717, 1.165) is 38.2 Å². The molecule has 1 aliphatic heterocycles. The second-order valence-corrected chi connectivity index (χ2v) is 6.96. The smallest absolute Gasteiger partial charge is 0.228 e.